The maximum absolute atomic E-state index is 10.8. The highest BCUT2D eigenvalue weighted by molar-refractivity contribution is 5.73. The molecule has 1 rings (SSSR count). The molecule has 0 bridgehead atoms. The van der Waals surface area contributed by atoms with Crippen LogP contribution in [0.15, 0.2) is 0 Å². The summed E-state index contributed by atoms with van der Waals surface area (Å²) in [5, 5.41) is 8.24. The van der Waals surface area contributed by atoms with E-state index >= 15 is 0 Å². The van der Waals surface area contributed by atoms with Gasteiger partial charge in [-0.1, -0.05) is 0 Å². The molecule has 0 aromatic rings. The second-order valence-corrected chi connectivity index (χ2v) is 1.13. The first-order chi connectivity index (χ1) is 6.85. The van der Waals surface area contributed by atoms with Gasteiger partial charge in [0.25, 0.3) is 0 Å². The molecule has 0 aromatic carbocycles. The number of hydrogen-bond acceptors (Lipinski definition) is 2. The van der Waals surface area contributed by atoms with Gasteiger partial charge in [0, 0.05) is 8.22 Å². The van der Waals surface area contributed by atoms with Crippen molar-refractivity contribution in [1.82, 2.24) is 5.31 Å². The Hall–Kier alpha value is -0.570. The van der Waals surface area contributed by atoms with Gasteiger partial charge in [-0.2, -0.15) is 0 Å². The Balaban J connectivity index is 3.54. The molecule has 8 heavy (non-hydrogen) atoms. The SMILES string of the molecule is [2H]N1C([2H])([2H])C([2H])([2H])C([2H])([2H])[C@@]1([2H])C(=O)O. The predicted octanol–water partition coefficient (Wildman–Crippen LogP) is -0.177. The highest BCUT2D eigenvalue weighted by Gasteiger charge is 2.20. The van der Waals surface area contributed by atoms with Crippen molar-refractivity contribution >= 4 is 5.97 Å². The molecule has 1 saturated heterocycles. The molecule has 0 radical (unpaired) electrons. The first-order valence-corrected chi connectivity index (χ1v) is 1.87. The smallest absolute Gasteiger partial charge is 0.320 e. The largest absolute Gasteiger partial charge is 0.480 e. The molecule has 1 aliphatic heterocycles. The zero-order valence-corrected chi connectivity index (χ0v) is 3.80. The van der Waals surface area contributed by atoms with Crippen LogP contribution in [0.3, 0.4) is 0 Å². The summed E-state index contributed by atoms with van der Waals surface area (Å²) in [6.07, 6.45) is -6.65. The fourth-order valence-corrected chi connectivity index (χ4v) is 0.300. The standard InChI is InChI=1S/C5H9NO2/c7-5(8)4-2-1-3-6-4/h4,6H,1-3H2,(H,7,8)/t4-/m0/s1/i1D2,2D2,3D2,4D/hD. The maximum atomic E-state index is 10.8. The molecule has 0 amide bonds. The number of carbonyl (C=O) groups is 1. The topological polar surface area (TPSA) is 49.3 Å². The predicted molar refractivity (Wildman–Crippen MR) is 28.7 cm³/mol. The van der Waals surface area contributed by atoms with Crippen molar-refractivity contribution in [3.63, 3.8) is 0 Å². The van der Waals surface area contributed by atoms with E-state index in [9.17, 15) is 4.79 Å². The van der Waals surface area contributed by atoms with Gasteiger partial charge < -0.3 is 10.4 Å². The second-order valence-electron chi connectivity index (χ2n) is 1.13. The molecule has 3 heteroatoms. The van der Waals surface area contributed by atoms with E-state index in [1.165, 1.54) is 0 Å². The molecule has 0 aromatic heterocycles. The quantitative estimate of drug-likeness (QED) is 0.508. The number of carboxylic acids is 1. The fraction of sp³-hybridized carbons (Fsp3) is 0.800. The summed E-state index contributed by atoms with van der Waals surface area (Å²) in [6, 6.07) is -3.33. The fourth-order valence-electron chi connectivity index (χ4n) is 0.300. The van der Waals surface area contributed by atoms with E-state index in [2.05, 4.69) is 0 Å². The molecular formula is C5H9NO2. The first-order valence-electron chi connectivity index (χ1n) is 5.82. The highest BCUT2D eigenvalue weighted by atomic mass is 16.4. The average molecular weight is 123 g/mol. The summed E-state index contributed by atoms with van der Waals surface area (Å²) in [5.41, 5.74) is 0. The molecule has 46 valence electrons. The van der Waals surface area contributed by atoms with E-state index in [0.29, 0.717) is 0 Å². The first kappa shape index (κ1) is 1.29. The Morgan fingerprint density at radius 1 is 2.25 bits per heavy atom. The van der Waals surface area contributed by atoms with Gasteiger partial charge in [0.1, 0.15) is 7.43 Å². The number of hydrogen-bond donors (Lipinski definition) is 2. The van der Waals surface area contributed by atoms with Gasteiger partial charge in [-0.15, -0.1) is 0 Å². The van der Waals surface area contributed by atoms with Gasteiger partial charge in [0.2, 0.25) is 0 Å². The molecule has 0 unspecified atom stereocenters. The van der Waals surface area contributed by atoms with Crippen LogP contribution < -0.4 is 5.31 Å². The van der Waals surface area contributed by atoms with Crippen LogP contribution in [0.5, 0.6) is 0 Å². The van der Waals surface area contributed by atoms with E-state index in [0.717, 1.165) is 0 Å². The van der Waals surface area contributed by atoms with Crippen molar-refractivity contribution in [2.75, 3.05) is 6.50 Å². The summed E-state index contributed by atoms with van der Waals surface area (Å²) < 4.78 is 57.9. The Morgan fingerprint density at radius 2 is 3.00 bits per heavy atom. The van der Waals surface area contributed by atoms with E-state index in [4.69, 9.17) is 16.1 Å². The van der Waals surface area contributed by atoms with Crippen LogP contribution in [0, 0.1) is 0 Å². The van der Waals surface area contributed by atoms with Crippen LogP contribution in [-0.2, 0) is 4.79 Å². The number of carboxylic acid groups (broad SMARTS) is 1. The summed E-state index contributed by atoms with van der Waals surface area (Å²) in [7, 11) is 0. The average Bonchev–Trinajstić information content (AvgIpc) is 2.18. The molecule has 2 N–H and O–H groups in total. The molecule has 0 aliphatic carbocycles. The maximum Gasteiger partial charge on any atom is 0.320 e. The third-order valence-electron chi connectivity index (χ3n) is 0.607. The van der Waals surface area contributed by atoms with Crippen molar-refractivity contribution in [2.24, 2.45) is 0 Å². The van der Waals surface area contributed by atoms with E-state index in [1.807, 2.05) is 0 Å². The van der Waals surface area contributed by atoms with Crippen molar-refractivity contribution in [3.8, 4) is 0 Å². The van der Waals surface area contributed by atoms with Gasteiger partial charge in [0.05, 0.1) is 1.37 Å². The Morgan fingerprint density at radius 3 is 3.25 bits per heavy atom. The van der Waals surface area contributed by atoms with Crippen LogP contribution in [0.4, 0.5) is 0 Å². The Bertz CT molecular complexity index is 343. The number of aliphatic carboxylic acids is 1. The molecule has 0 saturated carbocycles. The van der Waals surface area contributed by atoms with Crippen LogP contribution in [0.2, 0.25) is 1.41 Å². The summed E-state index contributed by atoms with van der Waals surface area (Å²) in [4.78, 5) is 10.8. The lowest BCUT2D eigenvalue weighted by Gasteiger charge is -1.99. The minimum Gasteiger partial charge on any atom is -0.480 e. The molecule has 3 nitrogen and oxygen atoms in total. The van der Waals surface area contributed by atoms with Gasteiger partial charge >= 0.3 is 5.97 Å². The normalized spacial score (nSPS) is 73.5. The summed E-state index contributed by atoms with van der Waals surface area (Å²) in [6.45, 7) is -3.21. The van der Waals surface area contributed by atoms with Gasteiger partial charge in [-0.3, -0.25) is 4.79 Å². The van der Waals surface area contributed by atoms with E-state index in [-0.39, 0.29) is 0 Å². The van der Waals surface area contributed by atoms with Crippen molar-refractivity contribution in [2.45, 2.75) is 18.8 Å². The summed E-state index contributed by atoms with van der Waals surface area (Å²) >= 11 is 0. The van der Waals surface area contributed by atoms with Crippen LogP contribution >= 0.6 is 0 Å². The molecule has 1 heterocycles. The van der Waals surface area contributed by atoms with Crippen LogP contribution in [-0.4, -0.2) is 23.6 Å². The monoisotopic (exact) mass is 123 g/mol. The summed E-state index contributed by atoms with van der Waals surface area (Å²) in [5.74, 6) is -2.11. The van der Waals surface area contributed by atoms with Crippen LogP contribution in [0.25, 0.3) is 0 Å². The number of rotatable bonds is 1. The van der Waals surface area contributed by atoms with E-state index < -0.39 is 36.5 Å². The number of nitrogens with one attached hydrogen (secondary N) is 1. The van der Waals surface area contributed by atoms with Gasteiger partial charge in [-0.25, -0.2) is 0 Å². The molecular weight excluding hydrogens is 106 g/mol. The molecule has 0 spiro atoms. The van der Waals surface area contributed by atoms with Crippen LogP contribution in [0.1, 0.15) is 22.3 Å². The highest BCUT2D eigenvalue weighted by Crippen LogP contribution is 2.03. The lowest BCUT2D eigenvalue weighted by molar-refractivity contribution is -0.139. The minimum absolute atomic E-state index is 0.484. The molecule has 1 aliphatic rings. The Kier molecular flexibility index (Phi) is 0.344. The van der Waals surface area contributed by atoms with Crippen molar-refractivity contribution in [3.05, 3.63) is 0 Å². The third-order valence-corrected chi connectivity index (χ3v) is 0.607. The second kappa shape index (κ2) is 2.13. The van der Waals surface area contributed by atoms with Crippen molar-refractivity contribution in [1.29, 1.82) is 0 Å². The zero-order chi connectivity index (χ0) is 13.2. The Labute approximate surface area is 59.0 Å². The molecule has 1 atom stereocenters. The van der Waals surface area contributed by atoms with Gasteiger partial charge in [0.15, 0.2) is 0 Å². The zero-order valence-electron chi connectivity index (χ0n) is 11.8. The lowest BCUT2D eigenvalue weighted by Crippen LogP contribution is -2.29. The lowest BCUT2D eigenvalue weighted by atomic mass is 10.2. The van der Waals surface area contributed by atoms with Gasteiger partial charge in [-0.05, 0) is 19.2 Å². The molecule has 1 fully saturated rings. The van der Waals surface area contributed by atoms with Crippen molar-refractivity contribution < 1.29 is 20.9 Å². The minimum atomic E-state index is -3.36. The third kappa shape index (κ3) is 0.980. The van der Waals surface area contributed by atoms with E-state index in [1.54, 1.807) is 0 Å².